The summed E-state index contributed by atoms with van der Waals surface area (Å²) in [5.41, 5.74) is 9.47. The number of para-hydroxylation sites is 3. The Kier molecular flexibility index (Phi) is 6.63. The predicted molar refractivity (Wildman–Crippen MR) is 227 cm³/mol. The van der Waals surface area contributed by atoms with Gasteiger partial charge in [0, 0.05) is 63.5 Å². The minimum Gasteiger partial charge on any atom is -0.309 e. The van der Waals surface area contributed by atoms with Crippen molar-refractivity contribution in [2.24, 2.45) is 0 Å². The van der Waals surface area contributed by atoms with E-state index in [4.69, 9.17) is 0 Å². The van der Waals surface area contributed by atoms with Gasteiger partial charge in [0.15, 0.2) is 0 Å². The summed E-state index contributed by atoms with van der Waals surface area (Å²) in [6.45, 7) is 0. The average molecular weight is 699 g/mol. The lowest BCUT2D eigenvalue weighted by Gasteiger charge is -2.27. The van der Waals surface area contributed by atoms with E-state index in [0.29, 0.717) is 0 Å². The summed E-state index contributed by atoms with van der Waals surface area (Å²) in [5.74, 6) is 0. The van der Waals surface area contributed by atoms with Crippen molar-refractivity contribution in [3.05, 3.63) is 182 Å². The molecular formula is C48H30N2S2. The second-order valence-corrected chi connectivity index (χ2v) is 15.5. The van der Waals surface area contributed by atoms with E-state index in [1.807, 2.05) is 22.7 Å². The van der Waals surface area contributed by atoms with Crippen LogP contribution in [0, 0.1) is 0 Å². The number of fused-ring (bicyclic) bond motifs is 9. The fourth-order valence-electron chi connectivity index (χ4n) is 8.01. The maximum absolute atomic E-state index is 2.47. The van der Waals surface area contributed by atoms with Crippen molar-refractivity contribution in [3.63, 3.8) is 0 Å². The zero-order valence-electron chi connectivity index (χ0n) is 28.0. The van der Waals surface area contributed by atoms with E-state index in [-0.39, 0.29) is 0 Å². The first-order chi connectivity index (χ1) is 25.8. The third kappa shape index (κ3) is 4.55. The second kappa shape index (κ2) is 11.7. The van der Waals surface area contributed by atoms with E-state index < -0.39 is 0 Å². The van der Waals surface area contributed by atoms with E-state index in [0.717, 1.165) is 11.4 Å². The molecule has 3 aromatic heterocycles. The molecule has 52 heavy (non-hydrogen) atoms. The summed E-state index contributed by atoms with van der Waals surface area (Å²) < 4.78 is 7.59. The van der Waals surface area contributed by atoms with E-state index in [9.17, 15) is 0 Å². The molecular weight excluding hydrogens is 669 g/mol. The fourth-order valence-corrected chi connectivity index (χ4v) is 10.3. The highest BCUT2D eigenvalue weighted by Crippen LogP contribution is 2.48. The Morgan fingerprint density at radius 1 is 0.365 bits per heavy atom. The van der Waals surface area contributed by atoms with Crippen molar-refractivity contribution in [1.82, 2.24) is 4.57 Å². The average Bonchev–Trinajstić information content (AvgIpc) is 3.88. The third-order valence-electron chi connectivity index (χ3n) is 10.4. The minimum atomic E-state index is 1.14. The zero-order chi connectivity index (χ0) is 34.2. The van der Waals surface area contributed by atoms with Crippen molar-refractivity contribution < 1.29 is 0 Å². The van der Waals surface area contributed by atoms with Crippen LogP contribution in [-0.2, 0) is 0 Å². The zero-order valence-corrected chi connectivity index (χ0v) is 29.7. The van der Waals surface area contributed by atoms with Crippen molar-refractivity contribution in [2.45, 2.75) is 0 Å². The smallest absolute Gasteiger partial charge is 0.0646 e. The molecule has 0 amide bonds. The van der Waals surface area contributed by atoms with Crippen LogP contribution in [-0.4, -0.2) is 4.57 Å². The maximum atomic E-state index is 2.47. The molecule has 0 saturated heterocycles. The normalized spacial score (nSPS) is 11.8. The van der Waals surface area contributed by atoms with Gasteiger partial charge in [-0.05, 0) is 96.1 Å². The van der Waals surface area contributed by atoms with Crippen LogP contribution in [0.1, 0.15) is 0 Å². The van der Waals surface area contributed by atoms with E-state index in [2.05, 4.69) is 191 Å². The SMILES string of the molecule is c1ccc(N(c2ccc3sc4ccccc4c3c2)c2cc(-c3ccc4c(c3)c3ccccc3n4-c3ccccc3)cc3c2sc2ccccc23)cc1. The summed E-state index contributed by atoms with van der Waals surface area (Å²) in [4.78, 5) is 2.47. The number of benzene rings is 8. The number of rotatable bonds is 5. The van der Waals surface area contributed by atoms with Crippen LogP contribution < -0.4 is 4.90 Å². The number of hydrogen-bond acceptors (Lipinski definition) is 3. The molecule has 11 rings (SSSR count). The molecule has 0 unspecified atom stereocenters. The molecule has 0 aliphatic heterocycles. The number of hydrogen-bond donors (Lipinski definition) is 0. The number of nitrogens with zero attached hydrogens (tertiary/aromatic N) is 2. The Bertz CT molecular complexity index is 3130. The molecule has 8 aromatic carbocycles. The molecule has 0 radical (unpaired) electrons. The first-order valence-electron chi connectivity index (χ1n) is 17.6. The van der Waals surface area contributed by atoms with Gasteiger partial charge in [-0.2, -0.15) is 0 Å². The first kappa shape index (κ1) is 29.5. The quantitative estimate of drug-likeness (QED) is 0.174. The Labute approximate surface area is 308 Å². The van der Waals surface area contributed by atoms with Gasteiger partial charge in [-0.15, -0.1) is 22.7 Å². The number of aromatic nitrogens is 1. The van der Waals surface area contributed by atoms with Gasteiger partial charge in [-0.25, -0.2) is 0 Å². The summed E-state index contributed by atoms with van der Waals surface area (Å²) >= 11 is 3.74. The van der Waals surface area contributed by atoms with Gasteiger partial charge in [0.05, 0.1) is 21.4 Å². The van der Waals surface area contributed by atoms with Gasteiger partial charge in [0.1, 0.15) is 0 Å². The molecule has 0 atom stereocenters. The summed E-state index contributed by atoms with van der Waals surface area (Å²) in [6.07, 6.45) is 0. The molecule has 244 valence electrons. The lowest BCUT2D eigenvalue weighted by molar-refractivity contribution is 1.18. The summed E-state index contributed by atoms with van der Waals surface area (Å²) in [7, 11) is 0. The molecule has 3 heterocycles. The largest absolute Gasteiger partial charge is 0.309 e. The number of thiophene rings is 2. The monoisotopic (exact) mass is 698 g/mol. The summed E-state index contributed by atoms with van der Waals surface area (Å²) in [6, 6.07) is 66.7. The van der Waals surface area contributed by atoms with Crippen molar-refractivity contribution in [2.75, 3.05) is 4.90 Å². The van der Waals surface area contributed by atoms with Crippen LogP contribution in [0.4, 0.5) is 17.1 Å². The van der Waals surface area contributed by atoms with Crippen LogP contribution in [0.5, 0.6) is 0 Å². The number of anilines is 3. The minimum absolute atomic E-state index is 1.14. The molecule has 0 aliphatic carbocycles. The topological polar surface area (TPSA) is 8.17 Å². The Balaban J connectivity index is 1.19. The van der Waals surface area contributed by atoms with Crippen LogP contribution in [0.3, 0.4) is 0 Å². The lowest BCUT2D eigenvalue weighted by Crippen LogP contribution is -2.10. The van der Waals surface area contributed by atoms with E-state index in [1.54, 1.807) is 0 Å². The highest BCUT2D eigenvalue weighted by molar-refractivity contribution is 7.26. The molecule has 0 N–H and O–H groups in total. The van der Waals surface area contributed by atoms with Gasteiger partial charge in [0.2, 0.25) is 0 Å². The maximum Gasteiger partial charge on any atom is 0.0646 e. The molecule has 0 spiro atoms. The standard InChI is InChI=1S/C48H30N2S2/c1-3-13-33(14-4-1)49(35-24-26-47-40(30-35)37-18-8-11-21-45(37)51-47)44-29-32(28-41-38-19-9-12-22-46(38)52-48(41)44)31-23-25-43-39(27-31)36-17-7-10-20-42(36)50(43)34-15-5-2-6-16-34/h1-30H. The fraction of sp³-hybridized carbons (Fsp3) is 0. The molecule has 0 aliphatic rings. The third-order valence-corrected chi connectivity index (χ3v) is 12.7. The van der Waals surface area contributed by atoms with Gasteiger partial charge in [-0.1, -0.05) is 97.1 Å². The Hall–Kier alpha value is -6.20. The molecule has 4 heteroatoms. The van der Waals surface area contributed by atoms with Crippen LogP contribution in [0.2, 0.25) is 0 Å². The van der Waals surface area contributed by atoms with E-state index in [1.165, 1.54) is 84.7 Å². The molecule has 0 bridgehead atoms. The van der Waals surface area contributed by atoms with Gasteiger partial charge < -0.3 is 9.47 Å². The van der Waals surface area contributed by atoms with Crippen molar-refractivity contribution in [1.29, 1.82) is 0 Å². The Morgan fingerprint density at radius 3 is 1.79 bits per heavy atom. The molecule has 2 nitrogen and oxygen atoms in total. The lowest BCUT2D eigenvalue weighted by atomic mass is 9.99. The second-order valence-electron chi connectivity index (χ2n) is 13.3. The van der Waals surface area contributed by atoms with Gasteiger partial charge in [0.25, 0.3) is 0 Å². The molecule has 0 fully saturated rings. The predicted octanol–water partition coefficient (Wildman–Crippen LogP) is 14.7. The van der Waals surface area contributed by atoms with Gasteiger partial charge in [-0.3, -0.25) is 0 Å². The summed E-state index contributed by atoms with van der Waals surface area (Å²) in [5, 5.41) is 7.68. The van der Waals surface area contributed by atoms with Gasteiger partial charge >= 0.3 is 0 Å². The first-order valence-corrected chi connectivity index (χ1v) is 19.2. The van der Waals surface area contributed by atoms with E-state index >= 15 is 0 Å². The molecule has 0 saturated carbocycles. The molecule has 11 aromatic rings. The highest BCUT2D eigenvalue weighted by atomic mass is 32.1. The highest BCUT2D eigenvalue weighted by Gasteiger charge is 2.21. The Morgan fingerprint density at radius 2 is 0.981 bits per heavy atom. The van der Waals surface area contributed by atoms with Crippen LogP contribution in [0.25, 0.3) is 79.0 Å². The van der Waals surface area contributed by atoms with Crippen molar-refractivity contribution in [3.8, 4) is 16.8 Å². The van der Waals surface area contributed by atoms with Crippen LogP contribution in [0.15, 0.2) is 182 Å². The van der Waals surface area contributed by atoms with Crippen LogP contribution >= 0.6 is 22.7 Å². The van der Waals surface area contributed by atoms with Crippen molar-refractivity contribution >= 4 is 102 Å².